The Balaban J connectivity index is 1.27. The monoisotopic (exact) mass is 532 g/mol. The Hall–Kier alpha value is -3.90. The third-order valence-corrected chi connectivity index (χ3v) is 7.57. The van der Waals surface area contributed by atoms with Gasteiger partial charge in [0.1, 0.15) is 18.4 Å². The lowest BCUT2D eigenvalue weighted by atomic mass is 9.88. The van der Waals surface area contributed by atoms with Crippen LogP contribution in [-0.2, 0) is 16.0 Å². The molecule has 3 aromatic rings. The van der Waals surface area contributed by atoms with Gasteiger partial charge >= 0.3 is 5.97 Å². The number of nitrogens with zero attached hydrogens (tertiary/aromatic N) is 3. The number of thiazole rings is 1. The molecular formula is C29H32N4O4S. The Morgan fingerprint density at radius 1 is 1.16 bits per heavy atom. The minimum absolute atomic E-state index is 0.149. The number of rotatable bonds is 11. The summed E-state index contributed by atoms with van der Waals surface area (Å²) in [5.74, 6) is 0.0704. The summed E-state index contributed by atoms with van der Waals surface area (Å²) < 4.78 is 5.82. The van der Waals surface area contributed by atoms with Gasteiger partial charge in [0.2, 0.25) is 5.91 Å². The van der Waals surface area contributed by atoms with Crippen molar-refractivity contribution in [3.63, 3.8) is 0 Å². The quantitative estimate of drug-likeness (QED) is 0.348. The number of hydrogen-bond acceptors (Lipinski definition) is 7. The largest absolute Gasteiger partial charge is 0.492 e. The van der Waals surface area contributed by atoms with Gasteiger partial charge in [0.05, 0.1) is 23.9 Å². The predicted octanol–water partition coefficient (Wildman–Crippen LogP) is 5.21. The van der Waals surface area contributed by atoms with Gasteiger partial charge in [0.25, 0.3) is 0 Å². The Labute approximate surface area is 226 Å². The van der Waals surface area contributed by atoms with E-state index in [1.54, 1.807) is 17.0 Å². The molecule has 1 amide bonds. The van der Waals surface area contributed by atoms with Gasteiger partial charge in [-0.05, 0) is 42.7 Å². The van der Waals surface area contributed by atoms with E-state index in [0.29, 0.717) is 29.6 Å². The third kappa shape index (κ3) is 7.33. The zero-order chi connectivity index (χ0) is 26.9. The number of benzene rings is 2. The molecular weight excluding hydrogens is 500 g/mol. The van der Waals surface area contributed by atoms with E-state index in [0.717, 1.165) is 42.5 Å². The Kier molecular flexibility index (Phi) is 9.33. The summed E-state index contributed by atoms with van der Waals surface area (Å²) in [7, 11) is 1.83. The van der Waals surface area contributed by atoms with E-state index in [1.807, 2.05) is 48.8 Å². The average Bonchev–Trinajstić information content (AvgIpc) is 3.42. The first-order valence-corrected chi connectivity index (χ1v) is 13.7. The van der Waals surface area contributed by atoms with Crippen molar-refractivity contribution < 1.29 is 19.4 Å². The van der Waals surface area contributed by atoms with Crippen molar-refractivity contribution in [2.45, 2.75) is 44.6 Å². The molecule has 1 heterocycles. The first kappa shape index (κ1) is 27.1. The van der Waals surface area contributed by atoms with Crippen LogP contribution < -0.4 is 10.1 Å². The first-order chi connectivity index (χ1) is 18.4. The van der Waals surface area contributed by atoms with Crippen molar-refractivity contribution in [3.05, 3.63) is 65.0 Å². The molecule has 2 N–H and O–H groups in total. The zero-order valence-corrected chi connectivity index (χ0v) is 22.2. The van der Waals surface area contributed by atoms with E-state index < -0.39 is 12.0 Å². The lowest BCUT2D eigenvalue weighted by Crippen LogP contribution is -2.36. The molecule has 198 valence electrons. The SMILES string of the molecule is CN(CCOc1ccc(C[C@H](Nc2nc(-c3ccc(C#N)cc3)cs2)C(=O)O)cc1)C(=O)C1CCCCC1. The highest BCUT2D eigenvalue weighted by molar-refractivity contribution is 7.14. The summed E-state index contributed by atoms with van der Waals surface area (Å²) >= 11 is 1.34. The van der Waals surface area contributed by atoms with Gasteiger partial charge < -0.3 is 20.1 Å². The molecule has 0 bridgehead atoms. The zero-order valence-electron chi connectivity index (χ0n) is 21.4. The average molecular weight is 533 g/mol. The predicted molar refractivity (Wildman–Crippen MR) is 147 cm³/mol. The molecule has 4 rings (SSSR count). The van der Waals surface area contributed by atoms with E-state index in [1.165, 1.54) is 17.8 Å². The second kappa shape index (κ2) is 13.1. The minimum Gasteiger partial charge on any atom is -0.492 e. The van der Waals surface area contributed by atoms with Crippen LogP contribution in [0.4, 0.5) is 5.13 Å². The topological polar surface area (TPSA) is 116 Å². The Morgan fingerprint density at radius 2 is 1.87 bits per heavy atom. The fourth-order valence-corrected chi connectivity index (χ4v) is 5.34. The molecule has 1 aromatic heterocycles. The number of carboxylic acids is 1. The highest BCUT2D eigenvalue weighted by Gasteiger charge is 2.24. The maximum absolute atomic E-state index is 12.6. The summed E-state index contributed by atoms with van der Waals surface area (Å²) in [4.78, 5) is 30.8. The van der Waals surface area contributed by atoms with Crippen LogP contribution in [-0.4, -0.2) is 53.1 Å². The number of ether oxygens (including phenoxy) is 1. The van der Waals surface area contributed by atoms with Gasteiger partial charge in [0.15, 0.2) is 5.13 Å². The number of likely N-dealkylation sites (N-methyl/N-ethyl adjacent to an activating group) is 1. The van der Waals surface area contributed by atoms with Gasteiger partial charge in [-0.1, -0.05) is 43.5 Å². The molecule has 2 aromatic carbocycles. The number of hydrogen-bond donors (Lipinski definition) is 2. The summed E-state index contributed by atoms with van der Waals surface area (Å²) in [5.41, 5.74) is 3.01. The molecule has 9 heteroatoms. The van der Waals surface area contributed by atoms with Gasteiger partial charge in [-0.2, -0.15) is 5.26 Å². The number of aromatic nitrogens is 1. The first-order valence-electron chi connectivity index (χ1n) is 12.8. The van der Waals surface area contributed by atoms with E-state index in [4.69, 9.17) is 10.00 Å². The van der Waals surface area contributed by atoms with E-state index in [2.05, 4.69) is 16.4 Å². The van der Waals surface area contributed by atoms with Gasteiger partial charge in [-0.25, -0.2) is 9.78 Å². The summed E-state index contributed by atoms with van der Waals surface area (Å²) in [6.45, 7) is 0.930. The van der Waals surface area contributed by atoms with Crippen molar-refractivity contribution >= 4 is 28.3 Å². The number of amides is 1. The molecule has 1 fully saturated rings. The number of nitrogens with one attached hydrogen (secondary N) is 1. The fourth-order valence-electron chi connectivity index (χ4n) is 4.57. The highest BCUT2D eigenvalue weighted by Crippen LogP contribution is 2.27. The molecule has 1 atom stereocenters. The van der Waals surface area contributed by atoms with Crippen LogP contribution in [0.25, 0.3) is 11.3 Å². The van der Waals surface area contributed by atoms with Crippen LogP contribution >= 0.6 is 11.3 Å². The van der Waals surface area contributed by atoms with Crippen LogP contribution in [0, 0.1) is 17.2 Å². The molecule has 1 aliphatic carbocycles. The maximum Gasteiger partial charge on any atom is 0.326 e. The Bertz CT molecular complexity index is 1260. The molecule has 0 saturated heterocycles. The molecule has 1 saturated carbocycles. The van der Waals surface area contributed by atoms with Crippen molar-refractivity contribution in [1.29, 1.82) is 5.26 Å². The molecule has 0 radical (unpaired) electrons. The maximum atomic E-state index is 12.6. The lowest BCUT2D eigenvalue weighted by molar-refractivity contribution is -0.138. The molecule has 0 aliphatic heterocycles. The van der Waals surface area contributed by atoms with E-state index in [-0.39, 0.29) is 18.2 Å². The number of anilines is 1. The minimum atomic E-state index is -0.967. The summed E-state index contributed by atoms with van der Waals surface area (Å²) in [6, 6.07) is 15.7. The van der Waals surface area contributed by atoms with Crippen molar-refractivity contribution in [1.82, 2.24) is 9.88 Å². The Morgan fingerprint density at radius 3 is 2.53 bits per heavy atom. The van der Waals surface area contributed by atoms with Crippen LogP contribution in [0.2, 0.25) is 0 Å². The van der Waals surface area contributed by atoms with E-state index in [9.17, 15) is 14.7 Å². The van der Waals surface area contributed by atoms with Crippen LogP contribution in [0.3, 0.4) is 0 Å². The van der Waals surface area contributed by atoms with Crippen molar-refractivity contribution in [2.24, 2.45) is 5.92 Å². The second-order valence-corrected chi connectivity index (χ2v) is 10.4. The number of nitriles is 1. The standard InChI is InChI=1S/C29H32N4O4S/c1-33(27(34)23-5-3-2-4-6-23)15-16-37-24-13-9-20(10-14-24)17-25(28(35)36)31-29-32-26(19-38-29)22-11-7-21(18-30)8-12-22/h7-14,19,23,25H,2-6,15-17H2,1H3,(H,31,32)(H,35,36)/t25-/m0/s1. The van der Waals surface area contributed by atoms with Gasteiger partial charge in [-0.3, -0.25) is 4.79 Å². The summed E-state index contributed by atoms with van der Waals surface area (Å²) in [5, 5.41) is 24.1. The number of carbonyl (C=O) groups is 2. The second-order valence-electron chi connectivity index (χ2n) is 9.55. The van der Waals surface area contributed by atoms with Crippen LogP contribution in [0.5, 0.6) is 5.75 Å². The fraction of sp³-hybridized carbons (Fsp3) is 0.379. The molecule has 0 unspecified atom stereocenters. The van der Waals surface area contributed by atoms with Crippen molar-refractivity contribution in [3.8, 4) is 23.1 Å². The highest BCUT2D eigenvalue weighted by atomic mass is 32.1. The number of carbonyl (C=O) groups excluding carboxylic acids is 1. The van der Waals surface area contributed by atoms with Gasteiger partial charge in [-0.15, -0.1) is 11.3 Å². The molecule has 8 nitrogen and oxygen atoms in total. The number of aliphatic carboxylic acids is 1. The van der Waals surface area contributed by atoms with E-state index >= 15 is 0 Å². The molecule has 1 aliphatic rings. The van der Waals surface area contributed by atoms with Crippen molar-refractivity contribution in [2.75, 3.05) is 25.5 Å². The van der Waals surface area contributed by atoms with Crippen LogP contribution in [0.1, 0.15) is 43.2 Å². The molecule has 38 heavy (non-hydrogen) atoms. The van der Waals surface area contributed by atoms with Gasteiger partial charge in [0, 0.05) is 30.3 Å². The number of carboxylic acid groups (broad SMARTS) is 1. The third-order valence-electron chi connectivity index (χ3n) is 6.80. The van der Waals surface area contributed by atoms with Crippen LogP contribution in [0.15, 0.2) is 53.9 Å². The molecule has 0 spiro atoms. The smallest absolute Gasteiger partial charge is 0.326 e. The lowest BCUT2D eigenvalue weighted by Gasteiger charge is -2.26. The normalized spacial score (nSPS) is 14.3. The summed E-state index contributed by atoms with van der Waals surface area (Å²) in [6.07, 6.45) is 5.74.